The second kappa shape index (κ2) is 9.82. The van der Waals surface area contributed by atoms with E-state index in [1.165, 1.54) is 19.2 Å². The minimum Gasteiger partial charge on any atom is -0.504 e. The number of hydrogen-bond acceptors (Lipinski definition) is 6. The number of aromatic hydroxyl groups is 1. The molecular weight excluding hydrogens is 490 g/mol. The molecule has 4 rings (SSSR count). The lowest BCUT2D eigenvalue weighted by Crippen LogP contribution is -2.36. The van der Waals surface area contributed by atoms with Gasteiger partial charge in [-0.3, -0.25) is 0 Å². The Bertz CT molecular complexity index is 1120. The summed E-state index contributed by atoms with van der Waals surface area (Å²) in [5, 5.41) is 33.2. The molecule has 0 aromatic heterocycles. The molecule has 33 heavy (non-hydrogen) atoms. The topological polar surface area (TPSA) is 108 Å². The number of rotatable bonds is 7. The van der Waals surface area contributed by atoms with Crippen molar-refractivity contribution in [3.63, 3.8) is 0 Å². The summed E-state index contributed by atoms with van der Waals surface area (Å²) in [5.74, 6) is -0.0189. The number of benzene rings is 3. The van der Waals surface area contributed by atoms with E-state index >= 15 is 0 Å². The van der Waals surface area contributed by atoms with Crippen molar-refractivity contribution >= 4 is 22.0 Å². The van der Waals surface area contributed by atoms with E-state index in [1.807, 2.05) is 36.4 Å². The zero-order valence-corrected chi connectivity index (χ0v) is 19.5. The molecule has 3 aromatic carbocycles. The Hall–Kier alpha value is -3.07. The third-order valence-electron chi connectivity index (χ3n) is 5.78. The van der Waals surface area contributed by atoms with Crippen molar-refractivity contribution in [2.24, 2.45) is 0 Å². The van der Waals surface area contributed by atoms with Gasteiger partial charge < -0.3 is 30.1 Å². The summed E-state index contributed by atoms with van der Waals surface area (Å²) in [6, 6.07) is 18.9. The molecule has 4 N–H and O–H groups in total. The van der Waals surface area contributed by atoms with Crippen molar-refractivity contribution in [3.8, 4) is 22.6 Å². The molecule has 0 fully saturated rings. The molecule has 172 valence electrons. The van der Waals surface area contributed by atoms with E-state index in [0.29, 0.717) is 10.0 Å². The van der Waals surface area contributed by atoms with Crippen molar-refractivity contribution in [1.82, 2.24) is 5.32 Å². The molecule has 0 saturated carbocycles. The van der Waals surface area contributed by atoms with E-state index in [9.17, 15) is 20.1 Å². The van der Waals surface area contributed by atoms with Crippen LogP contribution in [0, 0.1) is 0 Å². The maximum atomic E-state index is 12.3. The number of methoxy groups -OCH3 is 1. The molecule has 1 aliphatic rings. The normalized spacial score (nSPS) is 14.2. The number of carbonyl (C=O) groups excluding carboxylic acids is 1. The second-order valence-electron chi connectivity index (χ2n) is 7.76. The summed E-state index contributed by atoms with van der Waals surface area (Å²) >= 11 is 3.25. The van der Waals surface area contributed by atoms with Crippen molar-refractivity contribution < 1.29 is 29.6 Å². The number of alkyl carbamates (subject to hydrolysis) is 1. The highest BCUT2D eigenvalue weighted by Gasteiger charge is 2.29. The average molecular weight is 514 g/mol. The SMILES string of the molecule is COc1cc(C(O)C(O)CNC(=O)OCC2c3ccccc3-c3ccccc32)c(Br)cc1O. The number of hydrogen-bond donors (Lipinski definition) is 4. The lowest BCUT2D eigenvalue weighted by Gasteiger charge is -2.21. The van der Waals surface area contributed by atoms with Crippen molar-refractivity contribution in [2.75, 3.05) is 20.3 Å². The van der Waals surface area contributed by atoms with Gasteiger partial charge in [0.15, 0.2) is 11.5 Å². The fourth-order valence-electron chi connectivity index (χ4n) is 4.11. The molecule has 2 unspecified atom stereocenters. The number of halogens is 1. The lowest BCUT2D eigenvalue weighted by atomic mass is 9.98. The fourth-order valence-corrected chi connectivity index (χ4v) is 4.67. The van der Waals surface area contributed by atoms with Gasteiger partial charge in [0.05, 0.1) is 7.11 Å². The minimum atomic E-state index is -1.33. The number of ether oxygens (including phenoxy) is 2. The monoisotopic (exact) mass is 513 g/mol. The third-order valence-corrected chi connectivity index (χ3v) is 6.47. The van der Waals surface area contributed by atoms with Crippen LogP contribution >= 0.6 is 15.9 Å². The fraction of sp³-hybridized carbons (Fsp3) is 0.240. The molecule has 7 nitrogen and oxygen atoms in total. The Morgan fingerprint density at radius 2 is 1.67 bits per heavy atom. The van der Waals surface area contributed by atoms with E-state index in [-0.39, 0.29) is 30.6 Å². The first-order valence-corrected chi connectivity index (χ1v) is 11.2. The second-order valence-corrected chi connectivity index (χ2v) is 8.62. The van der Waals surface area contributed by atoms with E-state index in [1.54, 1.807) is 0 Å². The molecule has 0 spiro atoms. The third kappa shape index (κ3) is 4.68. The van der Waals surface area contributed by atoms with Crippen LogP contribution in [0.25, 0.3) is 11.1 Å². The molecule has 3 aromatic rings. The highest BCUT2D eigenvalue weighted by Crippen LogP contribution is 2.44. The minimum absolute atomic E-state index is 0.0703. The molecule has 0 aliphatic heterocycles. The van der Waals surface area contributed by atoms with Gasteiger partial charge in [0.25, 0.3) is 0 Å². The molecule has 1 amide bonds. The van der Waals surface area contributed by atoms with Crippen molar-refractivity contribution in [1.29, 1.82) is 0 Å². The zero-order chi connectivity index (χ0) is 23.5. The van der Waals surface area contributed by atoms with Gasteiger partial charge in [-0.2, -0.15) is 0 Å². The number of amides is 1. The van der Waals surface area contributed by atoms with E-state index in [2.05, 4.69) is 33.4 Å². The number of phenolic OH excluding ortho intramolecular Hbond substituents is 1. The zero-order valence-electron chi connectivity index (χ0n) is 17.9. The molecule has 0 heterocycles. The molecular formula is C25H24BrNO6. The molecule has 0 bridgehead atoms. The van der Waals surface area contributed by atoms with E-state index in [4.69, 9.17) is 9.47 Å². The summed E-state index contributed by atoms with van der Waals surface area (Å²) in [6.45, 7) is -0.0767. The van der Waals surface area contributed by atoms with Crippen LogP contribution < -0.4 is 10.1 Å². The first kappa shape index (κ1) is 23.1. The van der Waals surface area contributed by atoms with Crippen LogP contribution in [0.2, 0.25) is 0 Å². The number of nitrogens with one attached hydrogen (secondary N) is 1. The van der Waals surface area contributed by atoms with Gasteiger partial charge in [0.2, 0.25) is 0 Å². The van der Waals surface area contributed by atoms with Crippen LogP contribution in [-0.2, 0) is 4.74 Å². The largest absolute Gasteiger partial charge is 0.504 e. The van der Waals surface area contributed by atoms with Crippen LogP contribution in [0.5, 0.6) is 11.5 Å². The summed E-state index contributed by atoms with van der Waals surface area (Å²) in [6.07, 6.45) is -3.33. The molecule has 0 saturated heterocycles. The maximum absolute atomic E-state index is 12.3. The van der Waals surface area contributed by atoms with Gasteiger partial charge in [-0.05, 0) is 34.4 Å². The number of carbonyl (C=O) groups is 1. The van der Waals surface area contributed by atoms with Crippen molar-refractivity contribution in [3.05, 3.63) is 81.8 Å². The predicted molar refractivity (Wildman–Crippen MR) is 126 cm³/mol. The van der Waals surface area contributed by atoms with Gasteiger partial charge in [0.1, 0.15) is 18.8 Å². The first-order chi connectivity index (χ1) is 15.9. The summed E-state index contributed by atoms with van der Waals surface area (Å²) < 4.78 is 10.9. The Kier molecular flexibility index (Phi) is 6.88. The van der Waals surface area contributed by atoms with Gasteiger partial charge in [-0.15, -0.1) is 0 Å². The van der Waals surface area contributed by atoms with Gasteiger partial charge in [0, 0.05) is 22.5 Å². The van der Waals surface area contributed by atoms with Crippen molar-refractivity contribution in [2.45, 2.75) is 18.1 Å². The van der Waals surface area contributed by atoms with Gasteiger partial charge in [-0.1, -0.05) is 64.5 Å². The maximum Gasteiger partial charge on any atom is 0.407 e. The van der Waals surface area contributed by atoms with Crippen LogP contribution in [0.1, 0.15) is 28.7 Å². The summed E-state index contributed by atoms with van der Waals surface area (Å²) in [4.78, 5) is 12.3. The standard InChI is InChI=1S/C25H24BrNO6/c1-32-23-10-18(20(26)11-21(23)28)24(30)22(29)12-27-25(31)33-13-19-16-8-4-2-6-14(16)15-7-3-5-9-17(15)19/h2-11,19,22,24,28-30H,12-13H2,1H3,(H,27,31). The van der Waals surface area contributed by atoms with E-state index < -0.39 is 18.3 Å². The molecule has 0 radical (unpaired) electrons. The molecule has 8 heteroatoms. The smallest absolute Gasteiger partial charge is 0.407 e. The highest BCUT2D eigenvalue weighted by molar-refractivity contribution is 9.10. The highest BCUT2D eigenvalue weighted by atomic mass is 79.9. The van der Waals surface area contributed by atoms with Gasteiger partial charge >= 0.3 is 6.09 Å². The van der Waals surface area contributed by atoms with Crippen LogP contribution in [0.4, 0.5) is 4.79 Å². The Balaban J connectivity index is 1.36. The van der Waals surface area contributed by atoms with Crippen LogP contribution in [-0.4, -0.2) is 47.8 Å². The first-order valence-electron chi connectivity index (χ1n) is 10.4. The number of fused-ring (bicyclic) bond motifs is 3. The molecule has 2 atom stereocenters. The molecule has 1 aliphatic carbocycles. The number of phenols is 1. The van der Waals surface area contributed by atoms with E-state index in [0.717, 1.165) is 22.3 Å². The summed E-state index contributed by atoms with van der Waals surface area (Å²) in [5.41, 5.74) is 4.79. The summed E-state index contributed by atoms with van der Waals surface area (Å²) in [7, 11) is 1.38. The predicted octanol–water partition coefficient (Wildman–Crippen LogP) is 4.10. The van der Waals surface area contributed by atoms with Crippen LogP contribution in [0.15, 0.2) is 65.1 Å². The Morgan fingerprint density at radius 3 is 2.27 bits per heavy atom. The number of aliphatic hydroxyl groups is 2. The average Bonchev–Trinajstić information content (AvgIpc) is 3.14. The lowest BCUT2D eigenvalue weighted by molar-refractivity contribution is 0.0180. The Morgan fingerprint density at radius 1 is 1.06 bits per heavy atom. The van der Waals surface area contributed by atoms with Crippen LogP contribution in [0.3, 0.4) is 0 Å². The van der Waals surface area contributed by atoms with Gasteiger partial charge in [-0.25, -0.2) is 4.79 Å². The number of aliphatic hydroxyl groups excluding tert-OH is 2. The quantitative estimate of drug-likeness (QED) is 0.378. The Labute approximate surface area is 199 Å².